The van der Waals surface area contributed by atoms with Crippen molar-refractivity contribution >= 4 is 11.7 Å². The fourth-order valence-corrected chi connectivity index (χ4v) is 4.51. The average molecular weight is 390 g/mol. The van der Waals surface area contributed by atoms with Gasteiger partial charge in [0.15, 0.2) is 11.5 Å². The molecule has 150 valence electrons. The summed E-state index contributed by atoms with van der Waals surface area (Å²) >= 11 is 0. The molecular formula is C24H26N2O3. The summed E-state index contributed by atoms with van der Waals surface area (Å²) < 4.78 is 0. The average Bonchev–Trinajstić information content (AvgIpc) is 3.05. The van der Waals surface area contributed by atoms with Crippen molar-refractivity contribution in [1.82, 2.24) is 9.88 Å². The van der Waals surface area contributed by atoms with E-state index in [9.17, 15) is 14.7 Å². The fraction of sp³-hybridized carbons (Fsp3) is 0.375. The number of nitrogens with zero attached hydrogens (tertiary/aromatic N) is 2. The molecule has 2 aromatic rings. The quantitative estimate of drug-likeness (QED) is 0.798. The third-order valence-electron chi connectivity index (χ3n) is 5.96. The first-order valence-electron chi connectivity index (χ1n) is 10.4. The van der Waals surface area contributed by atoms with E-state index in [2.05, 4.69) is 4.98 Å². The summed E-state index contributed by atoms with van der Waals surface area (Å²) in [6, 6.07) is 14.7. The summed E-state index contributed by atoms with van der Waals surface area (Å²) in [6.45, 7) is 0. The van der Waals surface area contributed by atoms with Gasteiger partial charge in [0.05, 0.1) is 11.3 Å². The second kappa shape index (κ2) is 8.60. The maximum absolute atomic E-state index is 13.2. The van der Waals surface area contributed by atoms with Gasteiger partial charge in [-0.15, -0.1) is 0 Å². The first-order valence-corrected chi connectivity index (χ1v) is 10.4. The van der Waals surface area contributed by atoms with E-state index in [4.69, 9.17) is 0 Å². The lowest BCUT2D eigenvalue weighted by atomic mass is 9.91. The van der Waals surface area contributed by atoms with Gasteiger partial charge >= 0.3 is 0 Å². The van der Waals surface area contributed by atoms with Gasteiger partial charge in [-0.05, 0) is 37.0 Å². The molecule has 1 atom stereocenters. The number of Topliss-reactive ketones (excluding diaryl/α,β-unsaturated/α-hetero) is 1. The number of ketones is 1. The zero-order chi connectivity index (χ0) is 20.2. The second-order valence-electron chi connectivity index (χ2n) is 7.83. The molecule has 0 saturated heterocycles. The van der Waals surface area contributed by atoms with E-state index in [1.165, 1.54) is 0 Å². The van der Waals surface area contributed by atoms with Gasteiger partial charge in [0.25, 0.3) is 5.91 Å². The lowest BCUT2D eigenvalue weighted by molar-refractivity contribution is -0.132. The molecule has 5 nitrogen and oxygen atoms in total. The highest BCUT2D eigenvalue weighted by Crippen LogP contribution is 2.41. The molecule has 5 heteroatoms. The smallest absolute Gasteiger partial charge is 0.290 e. The molecule has 2 aliphatic rings. The molecule has 29 heavy (non-hydrogen) atoms. The number of aromatic nitrogens is 1. The van der Waals surface area contributed by atoms with Crippen molar-refractivity contribution in [3.63, 3.8) is 0 Å². The van der Waals surface area contributed by atoms with Gasteiger partial charge in [-0.3, -0.25) is 14.6 Å². The first-order chi connectivity index (χ1) is 14.2. The van der Waals surface area contributed by atoms with Crippen molar-refractivity contribution in [3.05, 3.63) is 77.3 Å². The van der Waals surface area contributed by atoms with E-state index in [0.29, 0.717) is 12.1 Å². The number of hydrogen-bond acceptors (Lipinski definition) is 4. The van der Waals surface area contributed by atoms with Crippen LogP contribution in [-0.2, 0) is 16.0 Å². The van der Waals surface area contributed by atoms with Crippen LogP contribution in [0.15, 0.2) is 66.1 Å². The summed E-state index contributed by atoms with van der Waals surface area (Å²) in [6.07, 6.45) is 7.56. The van der Waals surface area contributed by atoms with E-state index in [1.807, 2.05) is 48.5 Å². The fourth-order valence-electron chi connectivity index (χ4n) is 4.51. The van der Waals surface area contributed by atoms with E-state index in [1.54, 1.807) is 11.1 Å². The van der Waals surface area contributed by atoms with Crippen LogP contribution in [0.5, 0.6) is 0 Å². The molecule has 1 aliphatic heterocycles. The number of rotatable bonds is 6. The Morgan fingerprint density at radius 1 is 1.03 bits per heavy atom. The molecule has 1 amide bonds. The van der Waals surface area contributed by atoms with Crippen molar-refractivity contribution < 1.29 is 14.7 Å². The zero-order valence-corrected chi connectivity index (χ0v) is 16.5. The highest BCUT2D eigenvalue weighted by Gasteiger charge is 2.46. The van der Waals surface area contributed by atoms with Crippen LogP contribution in [0.25, 0.3) is 0 Å². The number of aryl methyl sites for hydroxylation is 1. The van der Waals surface area contributed by atoms with Crippen molar-refractivity contribution in [3.8, 4) is 0 Å². The minimum absolute atomic E-state index is 0.0322. The highest BCUT2D eigenvalue weighted by atomic mass is 16.3. The Morgan fingerprint density at radius 2 is 1.76 bits per heavy atom. The zero-order valence-electron chi connectivity index (χ0n) is 16.5. The maximum Gasteiger partial charge on any atom is 0.290 e. The molecule has 0 spiro atoms. The first kappa shape index (κ1) is 19.4. The standard InChI is InChI=1S/C24H26N2O3/c27-20(15-14-17-9-3-1-4-10-17)21-22(19-13-7-8-16-25-19)26(24(29)23(21)28)18-11-5-2-6-12-18/h1,3-4,7-10,13,16,18,22,28H,2,5-6,11-12,14-15H2. The topological polar surface area (TPSA) is 70.5 Å². The number of aliphatic hydroxyl groups excluding tert-OH is 1. The van der Waals surface area contributed by atoms with E-state index in [0.717, 1.165) is 37.7 Å². The van der Waals surface area contributed by atoms with Crippen LogP contribution < -0.4 is 0 Å². The molecule has 2 heterocycles. The Labute approximate surface area is 171 Å². The molecule has 1 saturated carbocycles. The van der Waals surface area contributed by atoms with Crippen molar-refractivity contribution in [2.45, 2.75) is 57.0 Å². The van der Waals surface area contributed by atoms with Gasteiger partial charge in [-0.2, -0.15) is 0 Å². The Bertz CT molecular complexity index is 902. The molecule has 1 aromatic heterocycles. The summed E-state index contributed by atoms with van der Waals surface area (Å²) in [5.41, 5.74) is 1.90. The van der Waals surface area contributed by atoms with Crippen LogP contribution in [-0.4, -0.2) is 32.7 Å². The molecule has 0 bridgehead atoms. The van der Waals surface area contributed by atoms with Crippen LogP contribution >= 0.6 is 0 Å². The number of carbonyl (C=O) groups is 2. The number of carbonyl (C=O) groups excluding carboxylic acids is 2. The molecule has 1 N–H and O–H groups in total. The van der Waals surface area contributed by atoms with Crippen LogP contribution in [0.3, 0.4) is 0 Å². The van der Waals surface area contributed by atoms with Crippen LogP contribution in [0.4, 0.5) is 0 Å². The van der Waals surface area contributed by atoms with Crippen molar-refractivity contribution in [2.75, 3.05) is 0 Å². The predicted molar refractivity (Wildman–Crippen MR) is 110 cm³/mol. The van der Waals surface area contributed by atoms with Gasteiger partial charge < -0.3 is 10.0 Å². The van der Waals surface area contributed by atoms with Gasteiger partial charge in [-0.25, -0.2) is 0 Å². The minimum Gasteiger partial charge on any atom is -0.503 e. The summed E-state index contributed by atoms with van der Waals surface area (Å²) in [5, 5.41) is 10.7. The molecule has 1 fully saturated rings. The second-order valence-corrected chi connectivity index (χ2v) is 7.83. The number of pyridine rings is 1. The highest BCUT2D eigenvalue weighted by molar-refractivity contribution is 6.09. The van der Waals surface area contributed by atoms with E-state index >= 15 is 0 Å². The number of aliphatic hydroxyl groups is 1. The molecule has 0 radical (unpaired) electrons. The monoisotopic (exact) mass is 390 g/mol. The number of amides is 1. The van der Waals surface area contributed by atoms with Crippen LogP contribution in [0.2, 0.25) is 0 Å². The van der Waals surface area contributed by atoms with E-state index < -0.39 is 17.7 Å². The lowest BCUT2D eigenvalue weighted by Gasteiger charge is -2.36. The molecule has 1 aliphatic carbocycles. The molecule has 1 unspecified atom stereocenters. The van der Waals surface area contributed by atoms with E-state index in [-0.39, 0.29) is 23.8 Å². The van der Waals surface area contributed by atoms with Gasteiger partial charge in [0.1, 0.15) is 6.04 Å². The third-order valence-corrected chi connectivity index (χ3v) is 5.96. The van der Waals surface area contributed by atoms with Crippen LogP contribution in [0, 0.1) is 0 Å². The summed E-state index contributed by atoms with van der Waals surface area (Å²) in [7, 11) is 0. The molecular weight excluding hydrogens is 364 g/mol. The third kappa shape index (κ3) is 3.95. The van der Waals surface area contributed by atoms with Gasteiger partial charge in [0, 0.05) is 18.7 Å². The normalized spacial score (nSPS) is 20.3. The Hall–Kier alpha value is -2.95. The molecule has 4 rings (SSSR count). The van der Waals surface area contributed by atoms with Crippen molar-refractivity contribution in [2.24, 2.45) is 0 Å². The Balaban J connectivity index is 1.64. The summed E-state index contributed by atoms with van der Waals surface area (Å²) in [4.78, 5) is 32.3. The predicted octanol–water partition coefficient (Wildman–Crippen LogP) is 4.31. The molecule has 1 aromatic carbocycles. The SMILES string of the molecule is O=C(CCc1ccccc1)C1=C(O)C(=O)N(C2CCCCC2)C1c1ccccn1. The Kier molecular flexibility index (Phi) is 5.74. The van der Waals surface area contributed by atoms with Crippen molar-refractivity contribution in [1.29, 1.82) is 0 Å². The summed E-state index contributed by atoms with van der Waals surface area (Å²) in [5.74, 6) is -1.02. The maximum atomic E-state index is 13.2. The lowest BCUT2D eigenvalue weighted by Crippen LogP contribution is -2.41. The minimum atomic E-state index is -0.602. The van der Waals surface area contributed by atoms with Crippen LogP contribution in [0.1, 0.15) is 55.8 Å². The number of benzene rings is 1. The van der Waals surface area contributed by atoms with Gasteiger partial charge in [-0.1, -0.05) is 55.7 Å². The van der Waals surface area contributed by atoms with Gasteiger partial charge in [0.2, 0.25) is 0 Å². The Morgan fingerprint density at radius 3 is 2.45 bits per heavy atom. The largest absolute Gasteiger partial charge is 0.503 e. The number of hydrogen-bond donors (Lipinski definition) is 1.